The van der Waals surface area contributed by atoms with Crippen LogP contribution < -0.4 is 0 Å². The van der Waals surface area contributed by atoms with Gasteiger partial charge in [0.1, 0.15) is 0 Å². The molecule has 19 heavy (non-hydrogen) atoms. The predicted octanol–water partition coefficient (Wildman–Crippen LogP) is 5.25. The van der Waals surface area contributed by atoms with Crippen molar-refractivity contribution >= 4 is 0 Å². The fourth-order valence-corrected chi connectivity index (χ4v) is 4.28. The molecule has 0 aromatic rings. The van der Waals surface area contributed by atoms with E-state index in [1.54, 1.807) is 0 Å². The molecule has 1 saturated heterocycles. The Morgan fingerprint density at radius 3 is 2.11 bits per heavy atom. The van der Waals surface area contributed by atoms with E-state index >= 15 is 0 Å². The van der Waals surface area contributed by atoms with Crippen LogP contribution in [0, 0.1) is 10.8 Å². The average Bonchev–Trinajstić information content (AvgIpc) is 2.63. The second-order valence-electron chi connectivity index (χ2n) is 7.71. The molecule has 1 aliphatic heterocycles. The van der Waals surface area contributed by atoms with Crippen LogP contribution in [0.5, 0.6) is 0 Å². The fraction of sp³-hybridized carbons (Fsp3) is 1.00. The maximum absolute atomic E-state index is 2.79. The molecule has 1 saturated carbocycles. The first-order valence-electron chi connectivity index (χ1n) is 8.84. The Labute approximate surface area is 121 Å². The summed E-state index contributed by atoms with van der Waals surface area (Å²) in [7, 11) is 0. The first-order valence-corrected chi connectivity index (χ1v) is 8.84. The van der Waals surface area contributed by atoms with Crippen molar-refractivity contribution in [1.82, 2.24) is 4.90 Å². The third-order valence-corrected chi connectivity index (χ3v) is 6.37. The maximum Gasteiger partial charge on any atom is 0.00351 e. The molecular formula is C18H35N. The molecule has 1 aliphatic carbocycles. The van der Waals surface area contributed by atoms with Crippen molar-refractivity contribution in [2.75, 3.05) is 19.6 Å². The van der Waals surface area contributed by atoms with E-state index < -0.39 is 0 Å². The van der Waals surface area contributed by atoms with E-state index in [2.05, 4.69) is 25.7 Å². The van der Waals surface area contributed by atoms with Crippen molar-refractivity contribution in [3.05, 3.63) is 0 Å². The summed E-state index contributed by atoms with van der Waals surface area (Å²) in [5.74, 6) is 0. The van der Waals surface area contributed by atoms with Crippen LogP contribution in [0.2, 0.25) is 0 Å². The molecule has 2 rings (SSSR count). The van der Waals surface area contributed by atoms with Crippen LogP contribution >= 0.6 is 0 Å². The molecule has 1 heteroatoms. The van der Waals surface area contributed by atoms with Gasteiger partial charge in [0, 0.05) is 6.54 Å². The van der Waals surface area contributed by atoms with Gasteiger partial charge in [-0.2, -0.15) is 0 Å². The van der Waals surface area contributed by atoms with Gasteiger partial charge in [-0.05, 0) is 68.9 Å². The largest absolute Gasteiger partial charge is 0.303 e. The van der Waals surface area contributed by atoms with Gasteiger partial charge in [0.05, 0.1) is 0 Å². The lowest BCUT2D eigenvalue weighted by Crippen LogP contribution is -2.36. The Hall–Kier alpha value is -0.0400. The van der Waals surface area contributed by atoms with Crippen LogP contribution in [0.25, 0.3) is 0 Å². The van der Waals surface area contributed by atoms with Gasteiger partial charge >= 0.3 is 0 Å². The summed E-state index contributed by atoms with van der Waals surface area (Å²) in [6.07, 6.45) is 14.6. The normalized spacial score (nSPS) is 25.4. The summed E-state index contributed by atoms with van der Waals surface area (Å²) in [6.45, 7) is 11.3. The second kappa shape index (κ2) is 6.61. The highest BCUT2D eigenvalue weighted by atomic mass is 15.1. The molecule has 1 nitrogen and oxygen atoms in total. The van der Waals surface area contributed by atoms with E-state index in [-0.39, 0.29) is 0 Å². The molecule has 1 spiro atoms. The van der Waals surface area contributed by atoms with E-state index in [0.29, 0.717) is 5.41 Å². The van der Waals surface area contributed by atoms with E-state index in [1.165, 1.54) is 83.8 Å². The lowest BCUT2D eigenvalue weighted by molar-refractivity contribution is 0.134. The minimum absolute atomic E-state index is 0.546. The van der Waals surface area contributed by atoms with Gasteiger partial charge in [0.2, 0.25) is 0 Å². The van der Waals surface area contributed by atoms with E-state index in [1.807, 2.05) is 0 Å². The van der Waals surface area contributed by atoms with Crippen molar-refractivity contribution in [1.29, 1.82) is 0 Å². The Morgan fingerprint density at radius 1 is 0.842 bits per heavy atom. The Bertz CT molecular complexity index is 261. The summed E-state index contributed by atoms with van der Waals surface area (Å²) in [5, 5.41) is 0. The van der Waals surface area contributed by atoms with Crippen molar-refractivity contribution in [2.24, 2.45) is 10.8 Å². The number of rotatable bonds is 4. The van der Waals surface area contributed by atoms with Crippen LogP contribution in [0.15, 0.2) is 0 Å². The zero-order valence-corrected chi connectivity index (χ0v) is 13.6. The maximum atomic E-state index is 2.79. The lowest BCUT2D eigenvalue weighted by atomic mass is 9.69. The first kappa shape index (κ1) is 15.4. The van der Waals surface area contributed by atoms with Crippen LogP contribution in [-0.4, -0.2) is 24.5 Å². The van der Waals surface area contributed by atoms with Crippen molar-refractivity contribution in [2.45, 2.75) is 85.0 Å². The molecular weight excluding hydrogens is 230 g/mol. The Kier molecular flexibility index (Phi) is 5.34. The van der Waals surface area contributed by atoms with Gasteiger partial charge in [0.15, 0.2) is 0 Å². The van der Waals surface area contributed by atoms with Gasteiger partial charge in [-0.15, -0.1) is 0 Å². The van der Waals surface area contributed by atoms with Crippen LogP contribution in [0.4, 0.5) is 0 Å². The van der Waals surface area contributed by atoms with E-state index in [9.17, 15) is 0 Å². The third kappa shape index (κ3) is 3.97. The summed E-state index contributed by atoms with van der Waals surface area (Å²) >= 11 is 0. The molecule has 0 aromatic heterocycles. The fourth-order valence-electron chi connectivity index (χ4n) is 4.28. The highest BCUT2D eigenvalue weighted by Gasteiger charge is 2.34. The number of hydrogen-bond acceptors (Lipinski definition) is 1. The minimum atomic E-state index is 0.546. The minimum Gasteiger partial charge on any atom is -0.303 e. The highest BCUT2D eigenvalue weighted by Crippen LogP contribution is 2.44. The zero-order chi connectivity index (χ0) is 13.8. The van der Waals surface area contributed by atoms with Crippen LogP contribution in [0.3, 0.4) is 0 Å². The van der Waals surface area contributed by atoms with Crippen LogP contribution in [0.1, 0.15) is 85.0 Å². The van der Waals surface area contributed by atoms with E-state index in [4.69, 9.17) is 0 Å². The predicted molar refractivity (Wildman–Crippen MR) is 84.5 cm³/mol. The topological polar surface area (TPSA) is 3.24 Å². The molecule has 0 aromatic carbocycles. The quantitative estimate of drug-likeness (QED) is 0.671. The number of likely N-dealkylation sites (tertiary alicyclic amines) is 1. The summed E-state index contributed by atoms with van der Waals surface area (Å²) in [6, 6.07) is 0. The Balaban J connectivity index is 1.89. The highest BCUT2D eigenvalue weighted by molar-refractivity contribution is 4.87. The molecule has 0 amide bonds. The summed E-state index contributed by atoms with van der Waals surface area (Å²) < 4.78 is 0. The van der Waals surface area contributed by atoms with Gasteiger partial charge in [-0.25, -0.2) is 0 Å². The van der Waals surface area contributed by atoms with Crippen LogP contribution in [-0.2, 0) is 0 Å². The Morgan fingerprint density at radius 2 is 1.47 bits per heavy atom. The smallest absolute Gasteiger partial charge is 0.00351 e. The average molecular weight is 265 g/mol. The molecule has 2 fully saturated rings. The molecule has 0 radical (unpaired) electrons. The SMILES string of the molecule is CCC(C)(CC)CN1CCCC2(CCCCC2)CC1. The zero-order valence-electron chi connectivity index (χ0n) is 13.6. The molecule has 2 aliphatic rings. The van der Waals surface area contributed by atoms with Crippen molar-refractivity contribution in [3.8, 4) is 0 Å². The molecule has 1 heterocycles. The molecule has 0 N–H and O–H groups in total. The molecule has 112 valence electrons. The summed E-state index contributed by atoms with van der Waals surface area (Å²) in [4.78, 5) is 2.79. The van der Waals surface area contributed by atoms with Crippen molar-refractivity contribution in [3.63, 3.8) is 0 Å². The monoisotopic (exact) mass is 265 g/mol. The first-order chi connectivity index (χ1) is 9.11. The lowest BCUT2D eigenvalue weighted by Gasteiger charge is -2.37. The van der Waals surface area contributed by atoms with E-state index in [0.717, 1.165) is 5.41 Å². The van der Waals surface area contributed by atoms with Gasteiger partial charge in [-0.1, -0.05) is 40.0 Å². The van der Waals surface area contributed by atoms with Gasteiger partial charge in [-0.3, -0.25) is 0 Å². The van der Waals surface area contributed by atoms with Gasteiger partial charge in [0.25, 0.3) is 0 Å². The second-order valence-corrected chi connectivity index (χ2v) is 7.71. The third-order valence-electron chi connectivity index (χ3n) is 6.37. The molecule has 0 bridgehead atoms. The number of nitrogens with zero attached hydrogens (tertiary/aromatic N) is 1. The van der Waals surface area contributed by atoms with Crippen molar-refractivity contribution < 1.29 is 0 Å². The number of hydrogen-bond donors (Lipinski definition) is 0. The standard InChI is InChI=1S/C18H35N/c1-4-17(3,5-2)16-19-14-9-12-18(13-15-19)10-7-6-8-11-18/h4-16H2,1-3H3. The molecule has 0 unspecified atom stereocenters. The van der Waals surface area contributed by atoms with Gasteiger partial charge < -0.3 is 4.90 Å². The summed E-state index contributed by atoms with van der Waals surface area (Å²) in [5.41, 5.74) is 1.30. The molecule has 0 atom stereocenters.